The zero-order valence-electron chi connectivity index (χ0n) is 7.59. The first kappa shape index (κ1) is 7.50. The van der Waals surface area contributed by atoms with Crippen LogP contribution < -0.4 is 4.90 Å². The van der Waals surface area contributed by atoms with Crippen LogP contribution in [-0.4, -0.2) is 19.0 Å². The van der Waals surface area contributed by atoms with Gasteiger partial charge >= 0.3 is 0 Å². The maximum absolute atomic E-state index is 4.26. The maximum atomic E-state index is 4.26. The summed E-state index contributed by atoms with van der Waals surface area (Å²) in [7, 11) is 0. The normalized spacial score (nSPS) is 17.4. The van der Waals surface area contributed by atoms with Crippen LogP contribution >= 0.6 is 0 Å². The van der Waals surface area contributed by atoms with E-state index in [-0.39, 0.29) is 0 Å². The minimum Gasteiger partial charge on any atom is -0.319 e. The highest BCUT2D eigenvalue weighted by atomic mass is 15.3. The molecule has 2 aliphatic rings. The van der Waals surface area contributed by atoms with Gasteiger partial charge in [0.15, 0.2) is 5.82 Å². The van der Waals surface area contributed by atoms with E-state index >= 15 is 0 Å². The molecule has 0 bridgehead atoms. The summed E-state index contributed by atoms with van der Waals surface area (Å²) in [5.74, 6) is 0.922. The van der Waals surface area contributed by atoms with Crippen molar-refractivity contribution < 1.29 is 0 Å². The molecule has 1 aromatic carbocycles. The van der Waals surface area contributed by atoms with Crippen molar-refractivity contribution in [3.8, 4) is 0 Å². The molecule has 3 nitrogen and oxygen atoms in total. The Bertz CT molecular complexity index is 457. The van der Waals surface area contributed by atoms with Crippen LogP contribution in [0.5, 0.6) is 0 Å². The minimum atomic E-state index is 0.839. The van der Waals surface area contributed by atoms with Crippen molar-refractivity contribution in [2.45, 2.75) is 0 Å². The van der Waals surface area contributed by atoms with Gasteiger partial charge in [-0.05, 0) is 6.07 Å². The predicted octanol–water partition coefficient (Wildman–Crippen LogP) is 1.81. The molecule has 0 unspecified atom stereocenters. The highest BCUT2D eigenvalue weighted by Crippen LogP contribution is 2.27. The molecule has 68 valence electrons. The number of benzene rings is 1. The second-order valence-corrected chi connectivity index (χ2v) is 3.25. The second-order valence-electron chi connectivity index (χ2n) is 3.25. The van der Waals surface area contributed by atoms with Gasteiger partial charge in [0, 0.05) is 18.0 Å². The summed E-state index contributed by atoms with van der Waals surface area (Å²) in [6.45, 7) is 0.839. The van der Waals surface area contributed by atoms with Crippen molar-refractivity contribution in [2.24, 2.45) is 9.98 Å². The van der Waals surface area contributed by atoms with E-state index in [1.807, 2.05) is 24.6 Å². The zero-order valence-corrected chi connectivity index (χ0v) is 7.59. The molecular formula is C11H9N3. The van der Waals surface area contributed by atoms with Crippen molar-refractivity contribution in [1.29, 1.82) is 0 Å². The van der Waals surface area contributed by atoms with E-state index in [4.69, 9.17) is 0 Å². The Labute approximate surface area is 82.1 Å². The van der Waals surface area contributed by atoms with E-state index in [2.05, 4.69) is 27.0 Å². The van der Waals surface area contributed by atoms with E-state index in [1.54, 1.807) is 6.20 Å². The van der Waals surface area contributed by atoms with Crippen LogP contribution in [0, 0.1) is 0 Å². The maximum Gasteiger partial charge on any atom is 0.151 e. The average Bonchev–Trinajstić information content (AvgIpc) is 2.61. The Kier molecular flexibility index (Phi) is 1.50. The standard InChI is InChI=1S/C11H9N3/c1-2-4-10-9(3-1)7-12-8-11-13-5-6-14(10)11/h1-5,7-8H,6H2. The zero-order chi connectivity index (χ0) is 9.38. The molecule has 0 fully saturated rings. The lowest BCUT2D eigenvalue weighted by atomic mass is 10.2. The molecule has 0 saturated carbocycles. The Morgan fingerprint density at radius 1 is 1.21 bits per heavy atom. The summed E-state index contributed by atoms with van der Waals surface area (Å²) in [6, 6.07) is 8.21. The molecule has 14 heavy (non-hydrogen) atoms. The van der Waals surface area contributed by atoms with Gasteiger partial charge in [-0.3, -0.25) is 4.99 Å². The van der Waals surface area contributed by atoms with Gasteiger partial charge in [0.1, 0.15) is 0 Å². The van der Waals surface area contributed by atoms with Gasteiger partial charge in [0.2, 0.25) is 0 Å². The summed E-state index contributed by atoms with van der Waals surface area (Å²) in [5.41, 5.74) is 2.32. The summed E-state index contributed by atoms with van der Waals surface area (Å²) >= 11 is 0. The first-order valence-corrected chi connectivity index (χ1v) is 4.57. The molecule has 3 heteroatoms. The number of anilines is 1. The molecule has 2 aliphatic heterocycles. The number of rotatable bonds is 0. The Morgan fingerprint density at radius 2 is 2.14 bits per heavy atom. The number of para-hydroxylation sites is 1. The highest BCUT2D eigenvalue weighted by molar-refractivity contribution is 5.92. The molecule has 0 aliphatic carbocycles. The summed E-state index contributed by atoms with van der Waals surface area (Å²) in [6.07, 6.45) is 5.57. The summed E-state index contributed by atoms with van der Waals surface area (Å²) < 4.78 is 0. The molecular weight excluding hydrogens is 174 g/mol. The van der Waals surface area contributed by atoms with Crippen LogP contribution in [0.25, 0.3) is 0 Å². The van der Waals surface area contributed by atoms with Gasteiger partial charge < -0.3 is 4.90 Å². The fourth-order valence-corrected chi connectivity index (χ4v) is 1.73. The van der Waals surface area contributed by atoms with Crippen molar-refractivity contribution in [3.05, 3.63) is 41.8 Å². The first-order valence-electron chi connectivity index (χ1n) is 4.57. The number of hydrogen-bond acceptors (Lipinski definition) is 3. The van der Waals surface area contributed by atoms with Crippen molar-refractivity contribution in [1.82, 2.24) is 0 Å². The van der Waals surface area contributed by atoms with Crippen LogP contribution in [-0.2, 0) is 0 Å². The molecule has 0 saturated heterocycles. The van der Waals surface area contributed by atoms with Crippen molar-refractivity contribution in [2.75, 3.05) is 11.4 Å². The third kappa shape index (κ3) is 0.988. The van der Waals surface area contributed by atoms with Crippen LogP contribution in [0.1, 0.15) is 5.56 Å². The summed E-state index contributed by atoms with van der Waals surface area (Å²) in [5, 5.41) is 0. The topological polar surface area (TPSA) is 28.0 Å². The number of hydrogen-bond donors (Lipinski definition) is 0. The number of nitrogens with zero attached hydrogens (tertiary/aromatic N) is 3. The van der Waals surface area contributed by atoms with Gasteiger partial charge in [0.05, 0.1) is 18.4 Å². The van der Waals surface area contributed by atoms with Crippen LogP contribution in [0.4, 0.5) is 5.69 Å². The Hall–Kier alpha value is -1.90. The predicted molar refractivity (Wildman–Crippen MR) is 58.0 cm³/mol. The third-order valence-electron chi connectivity index (χ3n) is 2.40. The largest absolute Gasteiger partial charge is 0.319 e. The molecule has 0 amide bonds. The third-order valence-corrected chi connectivity index (χ3v) is 2.40. The molecule has 0 N–H and O–H groups in total. The molecule has 0 atom stereocenters. The Morgan fingerprint density at radius 3 is 3.14 bits per heavy atom. The molecule has 0 spiro atoms. The van der Waals surface area contributed by atoms with Crippen LogP contribution in [0.2, 0.25) is 0 Å². The van der Waals surface area contributed by atoms with Gasteiger partial charge in [0.25, 0.3) is 0 Å². The molecule has 1 aromatic rings. The molecule has 0 aromatic heterocycles. The van der Waals surface area contributed by atoms with Crippen molar-refractivity contribution >= 4 is 18.1 Å². The Balaban J connectivity index is 2.20. The van der Waals surface area contributed by atoms with Crippen LogP contribution in [0.15, 0.2) is 46.3 Å². The smallest absolute Gasteiger partial charge is 0.151 e. The monoisotopic (exact) mass is 183 g/mol. The number of aliphatic imine (C=N–C) groups is 2. The van der Waals surface area contributed by atoms with E-state index in [0.717, 1.165) is 17.9 Å². The quantitative estimate of drug-likeness (QED) is 0.602. The molecule has 2 heterocycles. The lowest BCUT2D eigenvalue weighted by Crippen LogP contribution is -2.18. The van der Waals surface area contributed by atoms with Crippen LogP contribution in [0.3, 0.4) is 0 Å². The second kappa shape index (κ2) is 2.80. The minimum absolute atomic E-state index is 0.839. The van der Waals surface area contributed by atoms with E-state index in [9.17, 15) is 0 Å². The summed E-state index contributed by atoms with van der Waals surface area (Å²) in [4.78, 5) is 10.6. The van der Waals surface area contributed by atoms with Crippen molar-refractivity contribution in [3.63, 3.8) is 0 Å². The van der Waals surface area contributed by atoms with Gasteiger partial charge in [-0.2, -0.15) is 0 Å². The highest BCUT2D eigenvalue weighted by Gasteiger charge is 2.18. The SMILES string of the molecule is C1=NC=C2N=CCN2c2ccccc21. The first-order chi connectivity index (χ1) is 6.95. The fourth-order valence-electron chi connectivity index (χ4n) is 1.73. The lowest BCUT2D eigenvalue weighted by molar-refractivity contribution is 1.07. The van der Waals surface area contributed by atoms with E-state index in [0.29, 0.717) is 0 Å². The molecule has 3 rings (SSSR count). The molecule has 0 radical (unpaired) electrons. The average molecular weight is 183 g/mol. The van der Waals surface area contributed by atoms with Gasteiger partial charge in [-0.1, -0.05) is 18.2 Å². The lowest BCUT2D eigenvalue weighted by Gasteiger charge is -2.18. The van der Waals surface area contributed by atoms with E-state index < -0.39 is 0 Å². The van der Waals surface area contributed by atoms with Gasteiger partial charge in [-0.15, -0.1) is 0 Å². The van der Waals surface area contributed by atoms with Gasteiger partial charge in [-0.25, -0.2) is 4.99 Å². The number of fused-ring (bicyclic) bond motifs is 3. The fraction of sp³-hybridized carbons (Fsp3) is 0.0909. The van der Waals surface area contributed by atoms with E-state index in [1.165, 1.54) is 5.69 Å².